The average Bonchev–Trinajstić information content (AvgIpc) is 3.06. The monoisotopic (exact) mass is 447 g/mol. The number of nitro groups is 2. The quantitative estimate of drug-likeness (QED) is 0.357. The maximum atomic E-state index is 11.3. The van der Waals surface area contributed by atoms with E-state index in [2.05, 4.69) is 37.2 Å². The summed E-state index contributed by atoms with van der Waals surface area (Å²) >= 11 is 0. The van der Waals surface area contributed by atoms with E-state index in [-0.39, 0.29) is 21.2 Å². The van der Waals surface area contributed by atoms with Gasteiger partial charge in [-0.25, -0.2) is 0 Å². The van der Waals surface area contributed by atoms with Crippen LogP contribution in [0, 0.1) is 20.2 Å². The fraction of sp³-hybridized carbons (Fsp3) is 0.320. The molecule has 0 unspecified atom stereocenters. The minimum atomic E-state index is -0.397. The molecule has 8 heteroatoms. The highest BCUT2D eigenvalue weighted by atomic mass is 16.6. The number of hydrogen-bond donors (Lipinski definition) is 0. The molecule has 4 rings (SSSR count). The Hall–Kier alpha value is -3.81. The molecule has 0 N–H and O–H groups in total. The van der Waals surface area contributed by atoms with Gasteiger partial charge in [0, 0.05) is 65.8 Å². The molecule has 0 spiro atoms. The van der Waals surface area contributed by atoms with Gasteiger partial charge in [-0.05, 0) is 31.6 Å². The van der Waals surface area contributed by atoms with E-state index >= 15 is 0 Å². The zero-order valence-electron chi connectivity index (χ0n) is 19.6. The van der Waals surface area contributed by atoms with Crippen molar-refractivity contribution in [1.29, 1.82) is 0 Å². The second kappa shape index (κ2) is 7.37. The maximum Gasteiger partial charge on any atom is 0.270 e. The number of anilines is 1. The van der Waals surface area contributed by atoms with Crippen LogP contribution in [-0.2, 0) is 10.8 Å². The van der Waals surface area contributed by atoms with Crippen LogP contribution in [-0.4, -0.2) is 34.2 Å². The molecule has 2 heterocycles. The van der Waals surface area contributed by atoms with Crippen LogP contribution in [0.3, 0.4) is 0 Å². The summed E-state index contributed by atoms with van der Waals surface area (Å²) in [6, 6.07) is 9.97. The summed E-state index contributed by atoms with van der Waals surface area (Å²) < 4.78 is 2.07. The second-order valence-corrected chi connectivity index (χ2v) is 9.58. The van der Waals surface area contributed by atoms with Crippen LogP contribution in [0.2, 0.25) is 0 Å². The van der Waals surface area contributed by atoms with Gasteiger partial charge in [-0.15, -0.1) is 0 Å². The Morgan fingerprint density at radius 2 is 1.48 bits per heavy atom. The molecule has 8 nitrogen and oxygen atoms in total. The van der Waals surface area contributed by atoms with E-state index < -0.39 is 10.8 Å². The Kier molecular flexibility index (Phi) is 5.00. The fourth-order valence-electron chi connectivity index (χ4n) is 5.11. The van der Waals surface area contributed by atoms with Gasteiger partial charge in [0.1, 0.15) is 7.05 Å². The predicted molar refractivity (Wildman–Crippen MR) is 129 cm³/mol. The van der Waals surface area contributed by atoms with Crippen LogP contribution in [0.1, 0.15) is 38.8 Å². The third-order valence-corrected chi connectivity index (χ3v) is 6.96. The second-order valence-electron chi connectivity index (χ2n) is 9.58. The first-order valence-electron chi connectivity index (χ1n) is 10.7. The molecule has 170 valence electrons. The van der Waals surface area contributed by atoms with E-state index in [1.807, 2.05) is 32.3 Å². The normalized spacial score (nSPS) is 19.3. The lowest BCUT2D eigenvalue weighted by molar-refractivity contribution is -0.402. The number of rotatable bonds is 4. The number of nitro benzene ring substituents is 2. The van der Waals surface area contributed by atoms with Crippen molar-refractivity contribution in [3.05, 3.63) is 91.7 Å². The Labute approximate surface area is 192 Å². The Morgan fingerprint density at radius 3 is 2.09 bits per heavy atom. The first-order valence-corrected chi connectivity index (χ1v) is 10.7. The summed E-state index contributed by atoms with van der Waals surface area (Å²) in [7, 11) is 3.93. The van der Waals surface area contributed by atoms with Gasteiger partial charge >= 0.3 is 0 Å². The van der Waals surface area contributed by atoms with Crippen LogP contribution >= 0.6 is 0 Å². The average molecular weight is 448 g/mol. The molecule has 0 atom stereocenters. The standard InChI is InChI=1S/C25H27N4O4/c1-24(2)18-14-16(28(30)31)10-12-20(18)26(5)22(24)8-7-9-23-25(3,4)19-15-17(29(32)33)11-13-21(19)27(23)6/h7-15H,1-6H3/q+1. The minimum Gasteiger partial charge on any atom is -0.347 e. The molecule has 2 aromatic carbocycles. The molecule has 0 bridgehead atoms. The molecule has 0 aliphatic carbocycles. The Morgan fingerprint density at radius 1 is 0.909 bits per heavy atom. The molecule has 2 aliphatic heterocycles. The van der Waals surface area contributed by atoms with Gasteiger partial charge in [0.2, 0.25) is 5.69 Å². The molecule has 0 amide bonds. The van der Waals surface area contributed by atoms with Gasteiger partial charge in [-0.3, -0.25) is 20.2 Å². The van der Waals surface area contributed by atoms with Crippen molar-refractivity contribution in [2.75, 3.05) is 19.0 Å². The lowest BCUT2D eigenvalue weighted by Crippen LogP contribution is -2.26. The summed E-state index contributed by atoms with van der Waals surface area (Å²) in [4.78, 5) is 23.8. The van der Waals surface area contributed by atoms with Crippen molar-refractivity contribution in [2.24, 2.45) is 0 Å². The van der Waals surface area contributed by atoms with Crippen LogP contribution in [0.4, 0.5) is 22.7 Å². The van der Waals surface area contributed by atoms with Gasteiger partial charge in [0.15, 0.2) is 5.71 Å². The molecule has 0 radical (unpaired) electrons. The van der Waals surface area contributed by atoms with E-state index in [1.54, 1.807) is 24.3 Å². The zero-order valence-corrected chi connectivity index (χ0v) is 19.6. The molecule has 0 fully saturated rings. The summed E-state index contributed by atoms with van der Waals surface area (Å²) in [6.45, 7) is 8.25. The smallest absolute Gasteiger partial charge is 0.270 e. The Balaban J connectivity index is 1.70. The molecule has 0 saturated carbocycles. The van der Waals surface area contributed by atoms with Crippen LogP contribution in [0.5, 0.6) is 0 Å². The van der Waals surface area contributed by atoms with Gasteiger partial charge in [-0.2, -0.15) is 4.58 Å². The zero-order chi connectivity index (χ0) is 24.3. The highest BCUT2D eigenvalue weighted by Gasteiger charge is 2.44. The number of non-ortho nitro benzene ring substituents is 2. The van der Waals surface area contributed by atoms with E-state index in [0.717, 1.165) is 33.9 Å². The SMILES string of the molecule is CN1C(=CC=CC2=[N+](C)c3ccc([N+](=O)[O-])cc3C2(C)C)C(C)(C)c2cc([N+](=O)[O-])ccc21. The van der Waals surface area contributed by atoms with Crippen molar-refractivity contribution in [3.8, 4) is 0 Å². The highest BCUT2D eigenvalue weighted by Crippen LogP contribution is 2.48. The summed E-state index contributed by atoms with van der Waals surface area (Å²) in [6.07, 6.45) is 6.06. The number of likely N-dealkylation sites (N-methyl/N-ethyl adjacent to an activating group) is 1. The lowest BCUT2D eigenvalue weighted by Gasteiger charge is -2.23. The van der Waals surface area contributed by atoms with E-state index in [9.17, 15) is 20.2 Å². The van der Waals surface area contributed by atoms with Crippen molar-refractivity contribution < 1.29 is 14.4 Å². The molecular formula is C25H27N4O4+. The summed E-state index contributed by atoms with van der Waals surface area (Å²) in [5.41, 5.74) is 5.19. The van der Waals surface area contributed by atoms with E-state index in [0.29, 0.717) is 0 Å². The minimum absolute atomic E-state index is 0.0868. The topological polar surface area (TPSA) is 92.5 Å². The first kappa shape index (κ1) is 22.4. The molecule has 0 aromatic heterocycles. The number of hydrogen-bond acceptors (Lipinski definition) is 5. The Bertz CT molecular complexity index is 1300. The fourth-order valence-corrected chi connectivity index (χ4v) is 5.11. The van der Waals surface area contributed by atoms with Crippen LogP contribution < -0.4 is 4.90 Å². The molecule has 33 heavy (non-hydrogen) atoms. The number of fused-ring (bicyclic) bond motifs is 2. The van der Waals surface area contributed by atoms with E-state index in [4.69, 9.17) is 0 Å². The molecule has 2 aliphatic rings. The summed E-state index contributed by atoms with van der Waals surface area (Å²) in [5.74, 6) is 0. The van der Waals surface area contributed by atoms with Crippen molar-refractivity contribution >= 4 is 28.5 Å². The molecule has 0 saturated heterocycles. The van der Waals surface area contributed by atoms with Crippen molar-refractivity contribution in [2.45, 2.75) is 38.5 Å². The summed E-state index contributed by atoms with van der Waals surface area (Å²) in [5, 5.41) is 22.5. The number of nitrogens with zero attached hydrogens (tertiary/aromatic N) is 4. The molecular weight excluding hydrogens is 420 g/mol. The third-order valence-electron chi connectivity index (χ3n) is 6.96. The highest BCUT2D eigenvalue weighted by molar-refractivity contribution is 6.03. The predicted octanol–water partition coefficient (Wildman–Crippen LogP) is 5.38. The van der Waals surface area contributed by atoms with Crippen LogP contribution in [0.15, 0.2) is 60.3 Å². The molecule has 2 aromatic rings. The van der Waals surface area contributed by atoms with Crippen molar-refractivity contribution in [3.63, 3.8) is 0 Å². The first-order chi connectivity index (χ1) is 15.4. The van der Waals surface area contributed by atoms with Crippen molar-refractivity contribution in [1.82, 2.24) is 0 Å². The lowest BCUT2D eigenvalue weighted by atomic mass is 9.81. The third kappa shape index (κ3) is 3.33. The number of benzene rings is 2. The van der Waals surface area contributed by atoms with Crippen LogP contribution in [0.25, 0.3) is 0 Å². The maximum absolute atomic E-state index is 11.3. The van der Waals surface area contributed by atoms with Gasteiger partial charge < -0.3 is 4.90 Å². The largest absolute Gasteiger partial charge is 0.347 e. The van der Waals surface area contributed by atoms with Gasteiger partial charge in [0.05, 0.1) is 15.3 Å². The van der Waals surface area contributed by atoms with Gasteiger partial charge in [0.25, 0.3) is 11.4 Å². The van der Waals surface area contributed by atoms with E-state index in [1.165, 1.54) is 12.1 Å². The number of allylic oxidation sites excluding steroid dienone is 4. The van der Waals surface area contributed by atoms with Gasteiger partial charge in [-0.1, -0.05) is 19.9 Å².